The minimum atomic E-state index is -3.11. The molecular weight excluding hydrogens is 288 g/mol. The van der Waals surface area contributed by atoms with E-state index < -0.39 is 15.3 Å². The fraction of sp³-hybridized carbons (Fsp3) is 0.938. The van der Waals surface area contributed by atoms with Gasteiger partial charge in [0.05, 0.1) is 11.2 Å². The normalized spacial score (nSPS) is 16.4. The molecule has 1 unspecified atom stereocenters. The molecule has 5 heteroatoms. The van der Waals surface area contributed by atoms with Crippen LogP contribution in [0.5, 0.6) is 0 Å². The van der Waals surface area contributed by atoms with Gasteiger partial charge in [-0.25, -0.2) is 8.42 Å². The fourth-order valence-electron chi connectivity index (χ4n) is 2.27. The lowest BCUT2D eigenvalue weighted by Crippen LogP contribution is -2.44. The van der Waals surface area contributed by atoms with Gasteiger partial charge < -0.3 is 4.74 Å². The summed E-state index contributed by atoms with van der Waals surface area (Å²) in [5.74, 6) is -0.343. The number of sulfone groups is 1. The van der Waals surface area contributed by atoms with E-state index in [9.17, 15) is 13.2 Å². The van der Waals surface area contributed by atoms with E-state index in [1.807, 2.05) is 27.7 Å². The molecule has 0 N–H and O–H groups in total. The highest BCUT2D eigenvalue weighted by Crippen LogP contribution is 2.47. The Balaban J connectivity index is 5.00. The van der Waals surface area contributed by atoms with Crippen LogP contribution in [0.2, 0.25) is 0 Å². The average molecular weight is 320 g/mol. The second kappa shape index (κ2) is 6.67. The summed E-state index contributed by atoms with van der Waals surface area (Å²) in [6.07, 6.45) is 0.683. The standard InChI is InChI=1S/C16H32O4S/c1-9-21(18,19)11-10-20-13(17)16(8,15(5,6)7)12-14(2,3)4/h9-12H2,1-8H3. The molecular formula is C16H32O4S. The Bertz CT molecular complexity index is 452. The van der Waals surface area contributed by atoms with E-state index >= 15 is 0 Å². The third-order valence-corrected chi connectivity index (χ3v) is 5.73. The molecule has 126 valence electrons. The Morgan fingerprint density at radius 3 is 1.81 bits per heavy atom. The second-order valence-electron chi connectivity index (χ2n) is 8.19. The molecule has 0 spiro atoms. The molecule has 0 saturated heterocycles. The second-order valence-corrected chi connectivity index (χ2v) is 10.7. The van der Waals surface area contributed by atoms with E-state index in [1.165, 1.54) is 0 Å². The molecule has 0 fully saturated rings. The number of carbonyl (C=O) groups is 1. The first kappa shape index (κ1) is 20.4. The smallest absolute Gasteiger partial charge is 0.312 e. The maximum absolute atomic E-state index is 12.5. The number of carbonyl (C=O) groups excluding carboxylic acids is 1. The predicted octanol–water partition coefficient (Wildman–Crippen LogP) is 3.45. The molecule has 0 aliphatic heterocycles. The highest BCUT2D eigenvalue weighted by Gasteiger charge is 2.47. The van der Waals surface area contributed by atoms with Crippen molar-refractivity contribution in [2.45, 2.75) is 61.8 Å². The molecule has 4 nitrogen and oxygen atoms in total. The van der Waals surface area contributed by atoms with Crippen molar-refractivity contribution in [2.75, 3.05) is 18.1 Å². The first-order valence-corrected chi connectivity index (χ1v) is 9.34. The van der Waals surface area contributed by atoms with Crippen LogP contribution < -0.4 is 0 Å². The summed E-state index contributed by atoms with van der Waals surface area (Å²) in [6.45, 7) is 15.8. The van der Waals surface area contributed by atoms with Crippen molar-refractivity contribution < 1.29 is 17.9 Å². The lowest BCUT2D eigenvalue weighted by Gasteiger charge is -2.43. The van der Waals surface area contributed by atoms with Gasteiger partial charge in [-0.05, 0) is 24.2 Å². The van der Waals surface area contributed by atoms with Gasteiger partial charge in [0, 0.05) is 5.75 Å². The fourth-order valence-corrected chi connectivity index (χ4v) is 2.90. The van der Waals surface area contributed by atoms with Crippen LogP contribution in [-0.4, -0.2) is 32.5 Å². The molecule has 0 bridgehead atoms. The van der Waals surface area contributed by atoms with Crippen LogP contribution in [0, 0.1) is 16.2 Å². The largest absolute Gasteiger partial charge is 0.464 e. The van der Waals surface area contributed by atoms with E-state index in [0.717, 1.165) is 0 Å². The summed E-state index contributed by atoms with van der Waals surface area (Å²) in [4.78, 5) is 12.5. The molecule has 0 aliphatic rings. The molecule has 0 rings (SSSR count). The lowest BCUT2D eigenvalue weighted by atomic mass is 9.61. The number of hydrogen-bond donors (Lipinski definition) is 0. The molecule has 0 amide bonds. The van der Waals surface area contributed by atoms with Gasteiger partial charge in [-0.15, -0.1) is 0 Å². The van der Waals surface area contributed by atoms with Crippen molar-refractivity contribution in [3.05, 3.63) is 0 Å². The summed E-state index contributed by atoms with van der Waals surface area (Å²) in [5.41, 5.74) is -0.932. The van der Waals surface area contributed by atoms with E-state index in [1.54, 1.807) is 6.92 Å². The molecule has 0 aromatic carbocycles. The molecule has 1 atom stereocenters. The quantitative estimate of drug-likeness (QED) is 0.703. The minimum Gasteiger partial charge on any atom is -0.464 e. The first-order chi connectivity index (χ1) is 9.15. The highest BCUT2D eigenvalue weighted by molar-refractivity contribution is 7.91. The van der Waals surface area contributed by atoms with Crippen LogP contribution in [0.1, 0.15) is 61.8 Å². The SMILES string of the molecule is CCS(=O)(=O)CCOC(=O)C(C)(CC(C)(C)C)C(C)(C)C. The van der Waals surface area contributed by atoms with Crippen molar-refractivity contribution in [3.63, 3.8) is 0 Å². The average Bonchev–Trinajstić information content (AvgIpc) is 2.24. The third kappa shape index (κ3) is 6.37. The molecule has 0 heterocycles. The van der Waals surface area contributed by atoms with Gasteiger partial charge in [-0.2, -0.15) is 0 Å². The van der Waals surface area contributed by atoms with Gasteiger partial charge in [0.1, 0.15) is 6.61 Å². The Morgan fingerprint density at radius 1 is 1.00 bits per heavy atom. The summed E-state index contributed by atoms with van der Waals surface area (Å²) in [6, 6.07) is 0. The number of ether oxygens (including phenoxy) is 1. The van der Waals surface area contributed by atoms with Crippen molar-refractivity contribution in [3.8, 4) is 0 Å². The Morgan fingerprint density at radius 2 is 1.48 bits per heavy atom. The molecule has 0 aromatic heterocycles. The van der Waals surface area contributed by atoms with Crippen molar-refractivity contribution in [1.29, 1.82) is 0 Å². The van der Waals surface area contributed by atoms with Gasteiger partial charge in [0.15, 0.2) is 9.84 Å². The zero-order chi connectivity index (χ0) is 17.1. The van der Waals surface area contributed by atoms with E-state index in [-0.39, 0.29) is 34.9 Å². The van der Waals surface area contributed by atoms with E-state index in [0.29, 0.717) is 6.42 Å². The monoisotopic (exact) mass is 320 g/mol. The Labute approximate surface area is 130 Å². The van der Waals surface area contributed by atoms with Gasteiger partial charge in [0.25, 0.3) is 0 Å². The maximum atomic E-state index is 12.5. The number of hydrogen-bond acceptors (Lipinski definition) is 4. The van der Waals surface area contributed by atoms with Crippen molar-refractivity contribution >= 4 is 15.8 Å². The maximum Gasteiger partial charge on any atom is 0.312 e. The topological polar surface area (TPSA) is 60.4 Å². The summed E-state index contributed by atoms with van der Waals surface area (Å²) in [7, 11) is -3.11. The predicted molar refractivity (Wildman–Crippen MR) is 86.9 cm³/mol. The van der Waals surface area contributed by atoms with Gasteiger partial charge in [-0.3, -0.25) is 4.79 Å². The third-order valence-electron chi connectivity index (χ3n) is 4.06. The summed E-state index contributed by atoms with van der Waals surface area (Å²) >= 11 is 0. The van der Waals surface area contributed by atoms with Crippen LogP contribution in [0.15, 0.2) is 0 Å². The Kier molecular flexibility index (Phi) is 6.49. The van der Waals surface area contributed by atoms with Crippen molar-refractivity contribution in [2.24, 2.45) is 16.2 Å². The van der Waals surface area contributed by atoms with E-state index in [4.69, 9.17) is 4.74 Å². The van der Waals surface area contributed by atoms with Crippen LogP contribution in [-0.2, 0) is 19.4 Å². The van der Waals surface area contributed by atoms with Crippen LogP contribution >= 0.6 is 0 Å². The first-order valence-electron chi connectivity index (χ1n) is 7.52. The highest BCUT2D eigenvalue weighted by atomic mass is 32.2. The van der Waals surface area contributed by atoms with Crippen molar-refractivity contribution in [1.82, 2.24) is 0 Å². The molecule has 21 heavy (non-hydrogen) atoms. The zero-order valence-electron chi connectivity index (χ0n) is 14.9. The van der Waals surface area contributed by atoms with Crippen LogP contribution in [0.4, 0.5) is 0 Å². The lowest BCUT2D eigenvalue weighted by molar-refractivity contribution is -0.164. The molecule has 0 radical (unpaired) electrons. The number of esters is 1. The van der Waals surface area contributed by atoms with Gasteiger partial charge >= 0.3 is 5.97 Å². The summed E-state index contributed by atoms with van der Waals surface area (Å²) < 4.78 is 28.2. The molecule has 0 aliphatic carbocycles. The zero-order valence-corrected chi connectivity index (χ0v) is 15.7. The molecule has 0 aromatic rings. The minimum absolute atomic E-state index is 0.0173. The Hall–Kier alpha value is -0.580. The van der Waals surface area contributed by atoms with Gasteiger partial charge in [-0.1, -0.05) is 48.5 Å². The van der Waals surface area contributed by atoms with Crippen LogP contribution in [0.3, 0.4) is 0 Å². The number of rotatable bonds is 6. The van der Waals surface area contributed by atoms with Gasteiger partial charge in [0.2, 0.25) is 0 Å². The molecule has 0 saturated carbocycles. The summed E-state index contributed by atoms with van der Waals surface area (Å²) in [5, 5.41) is 0. The van der Waals surface area contributed by atoms with Crippen LogP contribution in [0.25, 0.3) is 0 Å². The van der Waals surface area contributed by atoms with E-state index in [2.05, 4.69) is 20.8 Å².